The molecule has 2 aromatic rings. The minimum Gasteiger partial charge on any atom is -0.331 e. The van der Waals surface area contributed by atoms with E-state index in [0.29, 0.717) is 0 Å². The molecule has 1 aromatic heterocycles. The van der Waals surface area contributed by atoms with Crippen LogP contribution in [0.1, 0.15) is 12.5 Å². The third kappa shape index (κ3) is 1.67. The molecular formula is C12H14ClN3. The Balaban J connectivity index is 2.72. The van der Waals surface area contributed by atoms with Crippen molar-refractivity contribution < 1.29 is 0 Å². The van der Waals surface area contributed by atoms with Crippen LogP contribution >= 0.6 is 11.6 Å². The fourth-order valence-electron chi connectivity index (χ4n) is 1.86. The van der Waals surface area contributed by atoms with Gasteiger partial charge in [0.25, 0.3) is 0 Å². The van der Waals surface area contributed by atoms with Gasteiger partial charge < -0.3 is 9.99 Å². The molecule has 0 saturated carbocycles. The predicted octanol–water partition coefficient (Wildman–Crippen LogP) is 2.87. The minimum absolute atomic E-state index is 0.739. The van der Waals surface area contributed by atoms with E-state index < -0.39 is 0 Å². The van der Waals surface area contributed by atoms with Crippen molar-refractivity contribution in [2.24, 2.45) is 5.10 Å². The Kier molecular flexibility index (Phi) is 3.15. The van der Waals surface area contributed by atoms with Gasteiger partial charge >= 0.3 is 0 Å². The van der Waals surface area contributed by atoms with Gasteiger partial charge in [-0.15, -0.1) is 0 Å². The molecule has 0 radical (unpaired) electrons. The molecule has 0 atom stereocenters. The van der Waals surface area contributed by atoms with E-state index in [-0.39, 0.29) is 0 Å². The molecule has 0 spiro atoms. The second-order valence-electron chi connectivity index (χ2n) is 3.45. The van der Waals surface area contributed by atoms with Crippen molar-refractivity contribution in [1.82, 2.24) is 9.99 Å². The standard InChI is InChI=1S/C12H14ClN3/c1-3-16-11-7-5-4-6-9(11)10(12(16)13)8-15-14-2/h4-8,14H,3H2,1-2H3/b15-8+. The Morgan fingerprint density at radius 3 is 2.88 bits per heavy atom. The molecule has 0 aliphatic carbocycles. The second kappa shape index (κ2) is 4.58. The average Bonchev–Trinajstić information content (AvgIpc) is 2.58. The number of nitrogens with one attached hydrogen (secondary N) is 1. The molecule has 84 valence electrons. The summed E-state index contributed by atoms with van der Waals surface area (Å²) in [4.78, 5) is 0. The maximum atomic E-state index is 6.33. The third-order valence-corrected chi connectivity index (χ3v) is 2.99. The van der Waals surface area contributed by atoms with Crippen molar-refractivity contribution >= 4 is 28.7 Å². The summed E-state index contributed by atoms with van der Waals surface area (Å²) in [7, 11) is 1.77. The molecule has 16 heavy (non-hydrogen) atoms. The van der Waals surface area contributed by atoms with Gasteiger partial charge in [0, 0.05) is 30.1 Å². The van der Waals surface area contributed by atoms with Crippen LogP contribution < -0.4 is 5.43 Å². The number of halogens is 1. The van der Waals surface area contributed by atoms with Crippen LogP contribution in [0.25, 0.3) is 10.9 Å². The number of hydrogen-bond acceptors (Lipinski definition) is 2. The van der Waals surface area contributed by atoms with Gasteiger partial charge in [-0.3, -0.25) is 0 Å². The lowest BCUT2D eigenvalue weighted by molar-refractivity contribution is 0.798. The fraction of sp³-hybridized carbons (Fsp3) is 0.250. The fourth-order valence-corrected chi connectivity index (χ4v) is 2.22. The molecule has 0 saturated heterocycles. The van der Waals surface area contributed by atoms with Gasteiger partial charge in [0.15, 0.2) is 0 Å². The zero-order chi connectivity index (χ0) is 11.5. The zero-order valence-corrected chi connectivity index (χ0v) is 10.1. The van der Waals surface area contributed by atoms with E-state index in [9.17, 15) is 0 Å². The van der Waals surface area contributed by atoms with Crippen molar-refractivity contribution in [1.29, 1.82) is 0 Å². The van der Waals surface area contributed by atoms with Gasteiger partial charge in [0.05, 0.1) is 6.21 Å². The van der Waals surface area contributed by atoms with Crippen LogP contribution in [0.2, 0.25) is 5.15 Å². The van der Waals surface area contributed by atoms with Gasteiger partial charge in [-0.2, -0.15) is 5.10 Å². The van der Waals surface area contributed by atoms with E-state index in [4.69, 9.17) is 11.6 Å². The number of rotatable bonds is 3. The molecule has 0 fully saturated rings. The molecule has 1 heterocycles. The summed E-state index contributed by atoms with van der Waals surface area (Å²) >= 11 is 6.33. The highest BCUT2D eigenvalue weighted by Crippen LogP contribution is 2.28. The Bertz CT molecular complexity index is 528. The highest BCUT2D eigenvalue weighted by atomic mass is 35.5. The van der Waals surface area contributed by atoms with E-state index in [1.54, 1.807) is 13.3 Å². The van der Waals surface area contributed by atoms with Gasteiger partial charge in [-0.25, -0.2) is 0 Å². The van der Waals surface area contributed by atoms with Gasteiger partial charge in [-0.1, -0.05) is 29.8 Å². The summed E-state index contributed by atoms with van der Waals surface area (Å²) in [5.41, 5.74) is 4.85. The van der Waals surface area contributed by atoms with E-state index in [1.807, 2.05) is 12.1 Å². The van der Waals surface area contributed by atoms with Crippen molar-refractivity contribution in [2.75, 3.05) is 7.05 Å². The van der Waals surface area contributed by atoms with Crippen molar-refractivity contribution in [3.8, 4) is 0 Å². The lowest BCUT2D eigenvalue weighted by Gasteiger charge is -2.01. The SMILES string of the molecule is CCn1c(Cl)c(/C=N/NC)c2ccccc21. The number of para-hydroxylation sites is 1. The monoisotopic (exact) mass is 235 g/mol. The molecule has 0 aliphatic heterocycles. The van der Waals surface area contributed by atoms with Crippen molar-refractivity contribution in [3.63, 3.8) is 0 Å². The van der Waals surface area contributed by atoms with E-state index in [1.165, 1.54) is 0 Å². The van der Waals surface area contributed by atoms with Gasteiger partial charge in [-0.05, 0) is 13.0 Å². The lowest BCUT2D eigenvalue weighted by atomic mass is 10.2. The molecule has 1 N–H and O–H groups in total. The number of aromatic nitrogens is 1. The molecule has 3 nitrogen and oxygen atoms in total. The maximum absolute atomic E-state index is 6.33. The highest BCUT2D eigenvalue weighted by molar-refractivity contribution is 6.34. The third-order valence-electron chi connectivity index (χ3n) is 2.58. The minimum atomic E-state index is 0.739. The number of benzene rings is 1. The van der Waals surface area contributed by atoms with Gasteiger partial charge in [0.1, 0.15) is 5.15 Å². The molecule has 2 rings (SSSR count). The Morgan fingerprint density at radius 2 is 2.19 bits per heavy atom. The summed E-state index contributed by atoms with van der Waals surface area (Å²) in [6.45, 7) is 2.93. The van der Waals surface area contributed by atoms with Crippen LogP contribution in [0.3, 0.4) is 0 Å². The first-order valence-corrected chi connectivity index (χ1v) is 5.64. The summed E-state index contributed by atoms with van der Waals surface area (Å²) < 4.78 is 2.08. The smallest absolute Gasteiger partial charge is 0.118 e. The Morgan fingerprint density at radius 1 is 1.44 bits per heavy atom. The van der Waals surface area contributed by atoms with Crippen LogP contribution in [0.4, 0.5) is 0 Å². The molecule has 0 bridgehead atoms. The first kappa shape index (κ1) is 11.0. The Hall–Kier alpha value is -1.48. The van der Waals surface area contributed by atoms with Crippen LogP contribution in [-0.2, 0) is 6.54 Å². The van der Waals surface area contributed by atoms with Crippen molar-refractivity contribution in [3.05, 3.63) is 35.0 Å². The number of hydrazone groups is 1. The Labute approximate surface area is 99.7 Å². The lowest BCUT2D eigenvalue weighted by Crippen LogP contribution is -1.96. The molecule has 0 aliphatic rings. The molecule has 1 aromatic carbocycles. The van der Waals surface area contributed by atoms with E-state index >= 15 is 0 Å². The van der Waals surface area contributed by atoms with Crippen LogP contribution in [-0.4, -0.2) is 17.8 Å². The summed E-state index contributed by atoms with van der Waals surface area (Å²) in [6, 6.07) is 8.16. The topological polar surface area (TPSA) is 29.3 Å². The quantitative estimate of drug-likeness (QED) is 0.643. The second-order valence-corrected chi connectivity index (χ2v) is 3.81. The van der Waals surface area contributed by atoms with Crippen molar-refractivity contribution in [2.45, 2.75) is 13.5 Å². The number of hydrogen-bond donors (Lipinski definition) is 1. The summed E-state index contributed by atoms with van der Waals surface area (Å²) in [5, 5.41) is 5.90. The van der Waals surface area contributed by atoms with Crippen LogP contribution in [0.5, 0.6) is 0 Å². The molecular weight excluding hydrogens is 222 g/mol. The normalized spacial score (nSPS) is 11.4. The number of nitrogens with zero attached hydrogens (tertiary/aromatic N) is 2. The van der Waals surface area contributed by atoms with Crippen LogP contribution in [0.15, 0.2) is 29.4 Å². The molecule has 4 heteroatoms. The highest BCUT2D eigenvalue weighted by Gasteiger charge is 2.12. The molecule has 0 unspecified atom stereocenters. The summed E-state index contributed by atoms with van der Waals surface area (Å²) in [5.74, 6) is 0. The zero-order valence-electron chi connectivity index (χ0n) is 9.37. The van der Waals surface area contributed by atoms with E-state index in [2.05, 4.69) is 34.2 Å². The first-order valence-electron chi connectivity index (χ1n) is 5.26. The molecule has 0 amide bonds. The average molecular weight is 236 g/mol. The number of fused-ring (bicyclic) bond motifs is 1. The van der Waals surface area contributed by atoms with E-state index in [0.717, 1.165) is 28.2 Å². The summed E-state index contributed by atoms with van der Waals surface area (Å²) in [6.07, 6.45) is 1.76. The first-order chi connectivity index (χ1) is 7.79. The predicted molar refractivity (Wildman–Crippen MR) is 69.3 cm³/mol. The maximum Gasteiger partial charge on any atom is 0.118 e. The van der Waals surface area contributed by atoms with Gasteiger partial charge in [0.2, 0.25) is 0 Å². The van der Waals surface area contributed by atoms with Crippen LogP contribution in [0, 0.1) is 0 Å². The largest absolute Gasteiger partial charge is 0.331 e. The number of aryl methyl sites for hydroxylation is 1.